The smallest absolute Gasteiger partial charge is 0.272 e. The van der Waals surface area contributed by atoms with E-state index in [-0.39, 0.29) is 5.91 Å². The highest BCUT2D eigenvalue weighted by Crippen LogP contribution is 2.27. The van der Waals surface area contributed by atoms with E-state index in [0.29, 0.717) is 5.92 Å². The number of likely N-dealkylation sites (tertiary alicyclic amines) is 1. The first kappa shape index (κ1) is 18.8. The highest BCUT2D eigenvalue weighted by atomic mass is 16.2. The van der Waals surface area contributed by atoms with E-state index in [9.17, 15) is 4.79 Å². The maximum atomic E-state index is 13.1. The number of allylic oxidation sites excluding steroid dienone is 6. The maximum Gasteiger partial charge on any atom is 0.272 e. The second-order valence-corrected chi connectivity index (χ2v) is 8.21. The van der Waals surface area contributed by atoms with Crippen molar-refractivity contribution < 1.29 is 4.79 Å². The van der Waals surface area contributed by atoms with Gasteiger partial charge >= 0.3 is 0 Å². The van der Waals surface area contributed by atoms with Gasteiger partial charge in [-0.25, -0.2) is 0 Å². The Kier molecular flexibility index (Phi) is 4.71. The van der Waals surface area contributed by atoms with Crippen molar-refractivity contribution in [3.8, 4) is 0 Å². The maximum absolute atomic E-state index is 13.1. The molecule has 5 rings (SSSR count). The van der Waals surface area contributed by atoms with E-state index in [1.807, 2.05) is 49.7 Å². The van der Waals surface area contributed by atoms with Crippen LogP contribution >= 0.6 is 0 Å². The van der Waals surface area contributed by atoms with Gasteiger partial charge in [0.2, 0.25) is 0 Å². The number of benzene rings is 1. The van der Waals surface area contributed by atoms with Gasteiger partial charge in [0.1, 0.15) is 0 Å². The molecule has 152 valence electrons. The van der Waals surface area contributed by atoms with Crippen molar-refractivity contribution in [1.82, 2.24) is 19.7 Å². The lowest BCUT2D eigenvalue weighted by Gasteiger charge is -2.31. The number of hydrazone groups is 1. The number of nitrogens with zero attached hydrogens (tertiary/aromatic N) is 5. The summed E-state index contributed by atoms with van der Waals surface area (Å²) in [4.78, 5) is 15.5. The summed E-state index contributed by atoms with van der Waals surface area (Å²) in [7, 11) is 4.06. The molecule has 0 spiro atoms. The molecule has 0 aliphatic carbocycles. The van der Waals surface area contributed by atoms with Gasteiger partial charge in [0, 0.05) is 30.6 Å². The zero-order valence-corrected chi connectivity index (χ0v) is 17.3. The monoisotopic (exact) mass is 399 g/mol. The fourth-order valence-electron chi connectivity index (χ4n) is 4.27. The molecule has 1 fully saturated rings. The molecule has 0 bridgehead atoms. The molecule has 30 heavy (non-hydrogen) atoms. The van der Waals surface area contributed by atoms with Crippen molar-refractivity contribution in [1.29, 1.82) is 0 Å². The van der Waals surface area contributed by atoms with Gasteiger partial charge in [0.05, 0.1) is 16.9 Å². The molecular weight excluding hydrogens is 374 g/mol. The molecule has 6 nitrogen and oxygen atoms in total. The molecule has 1 aromatic carbocycles. The van der Waals surface area contributed by atoms with Crippen LogP contribution in [0.4, 0.5) is 0 Å². The number of rotatable bonds is 2. The van der Waals surface area contributed by atoms with Crippen molar-refractivity contribution in [2.75, 3.05) is 20.1 Å². The molecule has 0 N–H and O–H groups in total. The molecule has 0 atom stereocenters. The van der Waals surface area contributed by atoms with Gasteiger partial charge in [0.25, 0.3) is 5.91 Å². The number of aromatic nitrogens is 2. The molecule has 2 aromatic rings. The number of fused-ring (bicyclic) bond motifs is 2. The first-order valence-electron chi connectivity index (χ1n) is 10.4. The lowest BCUT2D eigenvalue weighted by molar-refractivity contribution is -0.124. The fraction of sp³-hybridized carbons (Fsp3) is 0.292. The van der Waals surface area contributed by atoms with Crippen LogP contribution in [0, 0.1) is 5.92 Å². The van der Waals surface area contributed by atoms with E-state index >= 15 is 0 Å². The molecule has 0 unspecified atom stereocenters. The van der Waals surface area contributed by atoms with Crippen molar-refractivity contribution in [3.05, 3.63) is 72.1 Å². The summed E-state index contributed by atoms with van der Waals surface area (Å²) < 4.78 is 1.80. The summed E-state index contributed by atoms with van der Waals surface area (Å²) >= 11 is 0. The molecule has 1 amide bonds. The van der Waals surface area contributed by atoms with E-state index in [1.165, 1.54) is 0 Å². The van der Waals surface area contributed by atoms with Gasteiger partial charge in [-0.3, -0.25) is 9.48 Å². The van der Waals surface area contributed by atoms with Crippen LogP contribution in [0.15, 0.2) is 71.7 Å². The van der Waals surface area contributed by atoms with Crippen LogP contribution in [-0.2, 0) is 11.8 Å². The molecule has 1 aromatic heterocycles. The Labute approximate surface area is 176 Å². The Morgan fingerprint density at radius 1 is 1.07 bits per heavy atom. The lowest BCUT2D eigenvalue weighted by Crippen LogP contribution is -2.35. The first-order chi connectivity index (χ1) is 14.6. The second-order valence-electron chi connectivity index (χ2n) is 8.21. The topological polar surface area (TPSA) is 53.7 Å². The zero-order chi connectivity index (χ0) is 20.7. The third kappa shape index (κ3) is 3.55. The molecular formula is C24H25N5O. The van der Waals surface area contributed by atoms with Crippen molar-refractivity contribution >= 4 is 28.1 Å². The lowest BCUT2D eigenvalue weighted by atomic mass is 9.91. The van der Waals surface area contributed by atoms with E-state index in [0.717, 1.165) is 59.4 Å². The summed E-state index contributed by atoms with van der Waals surface area (Å²) in [6, 6.07) is 6.07. The highest BCUT2D eigenvalue weighted by Gasteiger charge is 2.26. The Morgan fingerprint density at radius 2 is 1.90 bits per heavy atom. The largest absolute Gasteiger partial charge is 0.306 e. The molecule has 4 heterocycles. The standard InChI is InChI=1S/C24H25N5O/c1-27-12-10-17(11-13-27)22-9-7-21-5-3-4-18(15-24(30)29(21)26-22)19-6-8-23-20(14-19)16-28(2)25-23/h3-9,14-17H,10-13H2,1-2H3/b4-3+,18-15+,21-5+. The number of aryl methyl sites for hydroxylation is 1. The summed E-state index contributed by atoms with van der Waals surface area (Å²) in [5.41, 5.74) is 4.60. The third-order valence-electron chi connectivity index (χ3n) is 6.00. The molecule has 1 saturated heterocycles. The van der Waals surface area contributed by atoms with Gasteiger partial charge < -0.3 is 4.90 Å². The van der Waals surface area contributed by atoms with Crippen LogP contribution in [0.2, 0.25) is 0 Å². The van der Waals surface area contributed by atoms with Gasteiger partial charge in [0.15, 0.2) is 0 Å². The predicted molar refractivity (Wildman–Crippen MR) is 120 cm³/mol. The Balaban J connectivity index is 1.46. The van der Waals surface area contributed by atoms with E-state index in [4.69, 9.17) is 5.10 Å². The van der Waals surface area contributed by atoms with Crippen LogP contribution < -0.4 is 0 Å². The molecule has 0 radical (unpaired) electrons. The van der Waals surface area contributed by atoms with E-state index in [1.54, 1.807) is 15.8 Å². The summed E-state index contributed by atoms with van der Waals surface area (Å²) in [5.74, 6) is 0.283. The minimum atomic E-state index is -0.123. The minimum absolute atomic E-state index is 0.123. The van der Waals surface area contributed by atoms with Gasteiger partial charge in [-0.1, -0.05) is 18.2 Å². The third-order valence-corrected chi connectivity index (χ3v) is 6.00. The van der Waals surface area contributed by atoms with Crippen molar-refractivity contribution in [2.45, 2.75) is 12.8 Å². The van der Waals surface area contributed by atoms with Crippen molar-refractivity contribution in [3.63, 3.8) is 0 Å². The zero-order valence-electron chi connectivity index (χ0n) is 17.3. The van der Waals surface area contributed by atoms with Gasteiger partial charge in [-0.15, -0.1) is 0 Å². The Hall–Kier alpha value is -3.25. The average molecular weight is 399 g/mol. The summed E-state index contributed by atoms with van der Waals surface area (Å²) in [6.45, 7) is 2.13. The fourth-order valence-corrected chi connectivity index (χ4v) is 4.27. The second kappa shape index (κ2) is 7.54. The minimum Gasteiger partial charge on any atom is -0.306 e. The Bertz CT molecular complexity index is 1160. The summed E-state index contributed by atoms with van der Waals surface area (Å²) in [5, 5.41) is 11.8. The molecule has 3 aliphatic rings. The van der Waals surface area contributed by atoms with Crippen LogP contribution in [0.25, 0.3) is 16.5 Å². The highest BCUT2D eigenvalue weighted by molar-refractivity contribution is 6.04. The number of piperidine rings is 1. The number of hydrogen-bond donors (Lipinski definition) is 0. The normalized spacial score (nSPS) is 25.1. The van der Waals surface area contributed by atoms with Crippen LogP contribution in [0.5, 0.6) is 0 Å². The Morgan fingerprint density at radius 3 is 2.73 bits per heavy atom. The van der Waals surface area contributed by atoms with E-state index in [2.05, 4.69) is 29.2 Å². The van der Waals surface area contributed by atoms with Gasteiger partial charge in [-0.2, -0.15) is 15.2 Å². The summed E-state index contributed by atoms with van der Waals surface area (Å²) in [6.07, 6.45) is 15.8. The van der Waals surface area contributed by atoms with Gasteiger partial charge in [-0.05, 0) is 74.5 Å². The molecule has 6 heteroatoms. The SMILES string of the molecule is CN1CCC(C2=NN3C(=O)\C=C(c4ccc5nn(C)cc5c4)/C=C/C=C/3C=C2)CC1. The number of carbonyl (C=O) groups excluding carboxylic acids is 1. The molecule has 0 saturated carbocycles. The number of amides is 1. The van der Waals surface area contributed by atoms with Crippen molar-refractivity contribution in [2.24, 2.45) is 18.1 Å². The molecule has 3 aliphatic heterocycles. The number of hydrogen-bond acceptors (Lipinski definition) is 4. The van der Waals surface area contributed by atoms with E-state index < -0.39 is 0 Å². The number of carbonyl (C=O) groups is 1. The van der Waals surface area contributed by atoms with Crippen LogP contribution in [0.3, 0.4) is 0 Å². The van der Waals surface area contributed by atoms with Crippen LogP contribution in [0.1, 0.15) is 18.4 Å². The first-order valence-corrected chi connectivity index (χ1v) is 10.4. The van der Waals surface area contributed by atoms with Crippen LogP contribution in [-0.4, -0.2) is 51.4 Å². The predicted octanol–water partition coefficient (Wildman–Crippen LogP) is 3.51. The average Bonchev–Trinajstić information content (AvgIpc) is 3.11. The quantitative estimate of drug-likeness (QED) is 0.777.